The van der Waals surface area contributed by atoms with Gasteiger partial charge in [-0.25, -0.2) is 4.79 Å². The fraction of sp³-hybridized carbons (Fsp3) is 0.0952. The summed E-state index contributed by atoms with van der Waals surface area (Å²) in [6.07, 6.45) is -0.776. The van der Waals surface area contributed by atoms with Crippen molar-refractivity contribution in [2.75, 3.05) is 0 Å². The van der Waals surface area contributed by atoms with Crippen LogP contribution in [0.2, 0.25) is 5.02 Å². The number of benzene rings is 3. The highest BCUT2D eigenvalue weighted by Gasteiger charge is 2.20. The minimum absolute atomic E-state index is 0.230. The second-order valence-electron chi connectivity index (χ2n) is 5.67. The van der Waals surface area contributed by atoms with E-state index < -0.39 is 12.1 Å². The van der Waals surface area contributed by atoms with Gasteiger partial charge in [-0.1, -0.05) is 48.0 Å². The van der Waals surface area contributed by atoms with Gasteiger partial charge in [-0.05, 0) is 48.0 Å². The summed E-state index contributed by atoms with van der Waals surface area (Å²) in [5.74, 6) is 0.819. The van der Waals surface area contributed by atoms with E-state index in [4.69, 9.17) is 21.1 Å². The highest BCUT2D eigenvalue weighted by molar-refractivity contribution is 6.30. The molecule has 0 aliphatic heterocycles. The zero-order valence-corrected chi connectivity index (χ0v) is 14.6. The highest BCUT2D eigenvalue weighted by atomic mass is 35.5. The number of carboxylic acids is 1. The molecule has 0 amide bonds. The summed E-state index contributed by atoms with van der Waals surface area (Å²) in [6, 6.07) is 23.4. The maximum Gasteiger partial charge on any atom is 0.345 e. The molecule has 1 atom stereocenters. The van der Waals surface area contributed by atoms with Crippen LogP contribution in [-0.2, 0) is 11.2 Å². The lowest BCUT2D eigenvalue weighted by molar-refractivity contribution is -0.145. The number of hydrogen-bond donors (Lipinski definition) is 1. The van der Waals surface area contributed by atoms with Crippen LogP contribution in [0, 0.1) is 0 Å². The van der Waals surface area contributed by atoms with E-state index in [0.29, 0.717) is 16.5 Å². The van der Waals surface area contributed by atoms with Crippen LogP contribution in [0.3, 0.4) is 0 Å². The Hall–Kier alpha value is -2.98. The molecular weight excluding hydrogens is 352 g/mol. The van der Waals surface area contributed by atoms with Crippen molar-refractivity contribution in [3.63, 3.8) is 0 Å². The van der Waals surface area contributed by atoms with Gasteiger partial charge in [-0.3, -0.25) is 0 Å². The second kappa shape index (κ2) is 8.41. The fourth-order valence-corrected chi connectivity index (χ4v) is 2.60. The van der Waals surface area contributed by atoms with Gasteiger partial charge in [0.05, 0.1) is 0 Å². The zero-order valence-electron chi connectivity index (χ0n) is 13.8. The van der Waals surface area contributed by atoms with Crippen LogP contribution >= 0.6 is 11.6 Å². The molecule has 0 saturated carbocycles. The zero-order chi connectivity index (χ0) is 18.4. The topological polar surface area (TPSA) is 55.8 Å². The predicted molar refractivity (Wildman–Crippen MR) is 100 cm³/mol. The van der Waals surface area contributed by atoms with E-state index >= 15 is 0 Å². The second-order valence-corrected chi connectivity index (χ2v) is 6.10. The average Bonchev–Trinajstić information content (AvgIpc) is 2.63. The number of aliphatic carboxylic acids is 1. The van der Waals surface area contributed by atoms with Crippen molar-refractivity contribution < 1.29 is 19.4 Å². The molecule has 0 aliphatic rings. The highest BCUT2D eigenvalue weighted by Crippen LogP contribution is 2.23. The van der Waals surface area contributed by atoms with Crippen molar-refractivity contribution in [2.24, 2.45) is 0 Å². The Labute approximate surface area is 156 Å². The number of carboxylic acid groups (broad SMARTS) is 1. The quantitative estimate of drug-likeness (QED) is 0.622. The molecule has 0 spiro atoms. The van der Waals surface area contributed by atoms with E-state index in [2.05, 4.69) is 0 Å². The molecule has 5 heteroatoms. The molecule has 0 fully saturated rings. The van der Waals surface area contributed by atoms with E-state index in [1.165, 1.54) is 0 Å². The number of ether oxygens (including phenoxy) is 2. The first kappa shape index (κ1) is 17.8. The Bertz CT molecular complexity index is 863. The van der Waals surface area contributed by atoms with E-state index in [-0.39, 0.29) is 6.42 Å². The number of para-hydroxylation sites is 1. The van der Waals surface area contributed by atoms with Crippen LogP contribution in [0.4, 0.5) is 0 Å². The maximum atomic E-state index is 11.5. The van der Waals surface area contributed by atoms with Crippen molar-refractivity contribution in [2.45, 2.75) is 12.5 Å². The Morgan fingerprint density at radius 3 is 2.19 bits per heavy atom. The van der Waals surface area contributed by atoms with Crippen molar-refractivity contribution >= 4 is 17.6 Å². The standard InChI is InChI=1S/C21H17ClO4/c22-16-5-4-8-19(14-16)26-20(21(23)24)13-15-9-11-18(12-10-15)25-17-6-2-1-3-7-17/h1-12,14,20H,13H2,(H,23,24)/t20-/m0/s1. The SMILES string of the molecule is O=C(O)[C@H](Cc1ccc(Oc2ccccc2)cc1)Oc1cccc(Cl)c1. The molecule has 0 heterocycles. The molecule has 1 N–H and O–H groups in total. The minimum atomic E-state index is -1.03. The largest absolute Gasteiger partial charge is 0.478 e. The molecule has 3 aromatic rings. The predicted octanol–water partition coefficient (Wildman–Crippen LogP) is 5.21. The molecule has 4 nitrogen and oxygen atoms in total. The molecule has 26 heavy (non-hydrogen) atoms. The lowest BCUT2D eigenvalue weighted by atomic mass is 10.1. The molecule has 132 valence electrons. The van der Waals surface area contributed by atoms with Crippen LogP contribution in [-0.4, -0.2) is 17.2 Å². The van der Waals surface area contributed by atoms with Crippen molar-refractivity contribution in [3.8, 4) is 17.2 Å². The van der Waals surface area contributed by atoms with Crippen molar-refractivity contribution in [1.82, 2.24) is 0 Å². The molecule has 0 unspecified atom stereocenters. The minimum Gasteiger partial charge on any atom is -0.478 e. The Morgan fingerprint density at radius 2 is 1.54 bits per heavy atom. The van der Waals surface area contributed by atoms with Gasteiger partial charge in [-0.15, -0.1) is 0 Å². The molecular formula is C21H17ClO4. The molecule has 0 aromatic heterocycles. The normalized spacial score (nSPS) is 11.6. The van der Waals surface area contributed by atoms with E-state index in [0.717, 1.165) is 11.3 Å². The first-order valence-electron chi connectivity index (χ1n) is 8.07. The number of carbonyl (C=O) groups is 1. The number of hydrogen-bond acceptors (Lipinski definition) is 3. The fourth-order valence-electron chi connectivity index (χ4n) is 2.42. The molecule has 0 bridgehead atoms. The first-order chi connectivity index (χ1) is 12.6. The van der Waals surface area contributed by atoms with Gasteiger partial charge in [0.25, 0.3) is 0 Å². The maximum absolute atomic E-state index is 11.5. The Kier molecular flexibility index (Phi) is 5.77. The lowest BCUT2D eigenvalue weighted by Crippen LogP contribution is -2.29. The van der Waals surface area contributed by atoms with E-state index in [1.54, 1.807) is 36.4 Å². The number of halogens is 1. The van der Waals surface area contributed by atoms with Gasteiger partial charge in [0.1, 0.15) is 17.2 Å². The third kappa shape index (κ3) is 5.01. The summed E-state index contributed by atoms with van der Waals surface area (Å²) >= 11 is 5.91. The summed E-state index contributed by atoms with van der Waals surface area (Å²) in [4.78, 5) is 11.5. The Balaban J connectivity index is 1.66. The summed E-state index contributed by atoms with van der Waals surface area (Å²) in [5, 5.41) is 9.93. The third-order valence-electron chi connectivity index (χ3n) is 3.67. The van der Waals surface area contributed by atoms with E-state index in [1.807, 2.05) is 42.5 Å². The van der Waals surface area contributed by atoms with Crippen LogP contribution in [0.1, 0.15) is 5.56 Å². The first-order valence-corrected chi connectivity index (χ1v) is 8.45. The van der Waals surface area contributed by atoms with Crippen LogP contribution in [0.5, 0.6) is 17.2 Å². The van der Waals surface area contributed by atoms with Crippen LogP contribution < -0.4 is 9.47 Å². The molecule has 0 saturated heterocycles. The summed E-state index contributed by atoms with van der Waals surface area (Å²) in [6.45, 7) is 0. The summed E-state index contributed by atoms with van der Waals surface area (Å²) < 4.78 is 11.3. The van der Waals surface area contributed by atoms with E-state index in [9.17, 15) is 9.90 Å². The van der Waals surface area contributed by atoms with Gasteiger partial charge < -0.3 is 14.6 Å². The lowest BCUT2D eigenvalue weighted by Gasteiger charge is -2.15. The summed E-state index contributed by atoms with van der Waals surface area (Å²) in [7, 11) is 0. The molecule has 0 aliphatic carbocycles. The number of rotatable bonds is 7. The molecule has 3 aromatic carbocycles. The summed E-state index contributed by atoms with van der Waals surface area (Å²) in [5.41, 5.74) is 0.833. The van der Waals surface area contributed by atoms with Gasteiger partial charge in [0.2, 0.25) is 0 Å². The van der Waals surface area contributed by atoms with Crippen LogP contribution in [0.15, 0.2) is 78.9 Å². The van der Waals surface area contributed by atoms with Gasteiger partial charge in [0, 0.05) is 11.4 Å². The van der Waals surface area contributed by atoms with Crippen molar-refractivity contribution in [3.05, 3.63) is 89.4 Å². The van der Waals surface area contributed by atoms with Gasteiger partial charge in [-0.2, -0.15) is 0 Å². The molecule has 3 rings (SSSR count). The third-order valence-corrected chi connectivity index (χ3v) is 3.91. The monoisotopic (exact) mass is 368 g/mol. The van der Waals surface area contributed by atoms with Gasteiger partial charge in [0.15, 0.2) is 6.10 Å². The molecule has 0 radical (unpaired) electrons. The van der Waals surface area contributed by atoms with Crippen molar-refractivity contribution in [1.29, 1.82) is 0 Å². The average molecular weight is 369 g/mol. The Morgan fingerprint density at radius 1 is 0.885 bits per heavy atom. The van der Waals surface area contributed by atoms with Gasteiger partial charge >= 0.3 is 5.97 Å². The van der Waals surface area contributed by atoms with Crippen LogP contribution in [0.25, 0.3) is 0 Å². The smallest absolute Gasteiger partial charge is 0.345 e.